The van der Waals surface area contributed by atoms with Gasteiger partial charge < -0.3 is 15.4 Å². The standard InChI is InChI=1S/C21H21N3O3S/c1-14-8-9-18(27-2)17(10-14)23-20(26)12-16-13-28-21(22-16)24-19(25)11-15-6-4-3-5-7-15/h3-10,13H,11-12H2,1-2H3,(H,23,26)(H,22,24,25). The van der Waals surface area contributed by atoms with E-state index in [2.05, 4.69) is 15.6 Å². The number of ether oxygens (including phenoxy) is 1. The molecule has 0 fully saturated rings. The molecular formula is C21H21N3O3S. The zero-order valence-corrected chi connectivity index (χ0v) is 16.5. The molecule has 28 heavy (non-hydrogen) atoms. The fourth-order valence-corrected chi connectivity index (χ4v) is 3.40. The minimum absolute atomic E-state index is 0.113. The third kappa shape index (κ3) is 5.40. The molecule has 2 N–H and O–H groups in total. The molecule has 0 aliphatic rings. The van der Waals surface area contributed by atoms with E-state index in [0.29, 0.717) is 22.3 Å². The lowest BCUT2D eigenvalue weighted by atomic mass is 10.1. The van der Waals surface area contributed by atoms with Crippen LogP contribution in [0.15, 0.2) is 53.9 Å². The van der Waals surface area contributed by atoms with Crippen molar-refractivity contribution in [3.8, 4) is 5.75 Å². The van der Waals surface area contributed by atoms with Crippen LogP contribution in [0.25, 0.3) is 0 Å². The van der Waals surface area contributed by atoms with Gasteiger partial charge >= 0.3 is 0 Å². The summed E-state index contributed by atoms with van der Waals surface area (Å²) in [7, 11) is 1.56. The molecule has 3 rings (SSSR count). The second-order valence-corrected chi connectivity index (χ2v) is 7.14. The normalized spacial score (nSPS) is 10.4. The molecule has 6 nitrogen and oxygen atoms in total. The van der Waals surface area contributed by atoms with Crippen LogP contribution in [-0.4, -0.2) is 23.9 Å². The maximum atomic E-state index is 12.3. The van der Waals surface area contributed by atoms with Gasteiger partial charge in [0, 0.05) is 5.38 Å². The number of aromatic nitrogens is 1. The molecule has 0 saturated heterocycles. The molecule has 144 valence electrons. The molecule has 7 heteroatoms. The minimum Gasteiger partial charge on any atom is -0.495 e. The molecule has 0 bridgehead atoms. The molecular weight excluding hydrogens is 374 g/mol. The van der Waals surface area contributed by atoms with Gasteiger partial charge in [0.1, 0.15) is 5.75 Å². The number of anilines is 2. The Hall–Kier alpha value is -3.19. The van der Waals surface area contributed by atoms with Crippen LogP contribution >= 0.6 is 11.3 Å². The summed E-state index contributed by atoms with van der Waals surface area (Å²) in [5, 5.41) is 7.88. The number of carbonyl (C=O) groups excluding carboxylic acids is 2. The first-order valence-corrected chi connectivity index (χ1v) is 9.64. The quantitative estimate of drug-likeness (QED) is 0.637. The van der Waals surface area contributed by atoms with Gasteiger partial charge in [-0.05, 0) is 30.2 Å². The van der Waals surface area contributed by atoms with E-state index in [-0.39, 0.29) is 24.7 Å². The predicted octanol–water partition coefficient (Wildman–Crippen LogP) is 3.82. The topological polar surface area (TPSA) is 80.3 Å². The van der Waals surface area contributed by atoms with Crippen LogP contribution in [0.5, 0.6) is 5.75 Å². The number of hydrogen-bond donors (Lipinski definition) is 2. The number of rotatable bonds is 7. The van der Waals surface area contributed by atoms with Crippen molar-refractivity contribution in [3.05, 3.63) is 70.7 Å². The van der Waals surface area contributed by atoms with Gasteiger partial charge in [0.2, 0.25) is 11.8 Å². The number of aryl methyl sites for hydroxylation is 1. The van der Waals surface area contributed by atoms with Crippen LogP contribution in [0.3, 0.4) is 0 Å². The summed E-state index contributed by atoms with van der Waals surface area (Å²) in [6.07, 6.45) is 0.394. The van der Waals surface area contributed by atoms with E-state index in [9.17, 15) is 9.59 Å². The van der Waals surface area contributed by atoms with E-state index in [1.807, 2.05) is 55.5 Å². The Morgan fingerprint density at radius 1 is 1.04 bits per heavy atom. The summed E-state index contributed by atoms with van der Waals surface area (Å²) in [6.45, 7) is 1.94. The van der Waals surface area contributed by atoms with E-state index in [1.54, 1.807) is 12.5 Å². The summed E-state index contributed by atoms with van der Waals surface area (Å²) in [5.41, 5.74) is 3.18. The van der Waals surface area contributed by atoms with Crippen molar-refractivity contribution >= 4 is 34.0 Å². The van der Waals surface area contributed by atoms with E-state index in [4.69, 9.17) is 4.74 Å². The number of hydrogen-bond acceptors (Lipinski definition) is 5. The number of benzene rings is 2. The van der Waals surface area contributed by atoms with Gasteiger partial charge in [-0.3, -0.25) is 9.59 Å². The number of nitrogens with zero attached hydrogens (tertiary/aromatic N) is 1. The molecule has 3 aromatic rings. The number of thiazole rings is 1. The van der Waals surface area contributed by atoms with Gasteiger partial charge in [-0.2, -0.15) is 0 Å². The summed E-state index contributed by atoms with van der Waals surface area (Å²) in [6, 6.07) is 15.1. The molecule has 1 aromatic heterocycles. The third-order valence-electron chi connectivity index (χ3n) is 3.98. The summed E-state index contributed by atoms with van der Waals surface area (Å²) in [4.78, 5) is 28.8. The van der Waals surface area contributed by atoms with Crippen LogP contribution in [0, 0.1) is 6.92 Å². The Labute approximate surface area is 167 Å². The lowest BCUT2D eigenvalue weighted by Gasteiger charge is -2.10. The highest BCUT2D eigenvalue weighted by Gasteiger charge is 2.12. The Morgan fingerprint density at radius 3 is 2.54 bits per heavy atom. The molecule has 2 amide bonds. The first-order valence-electron chi connectivity index (χ1n) is 8.76. The monoisotopic (exact) mass is 395 g/mol. The highest BCUT2D eigenvalue weighted by Crippen LogP contribution is 2.25. The van der Waals surface area contributed by atoms with Crippen LogP contribution in [-0.2, 0) is 22.4 Å². The highest BCUT2D eigenvalue weighted by molar-refractivity contribution is 7.13. The van der Waals surface area contributed by atoms with Crippen molar-refractivity contribution in [2.24, 2.45) is 0 Å². The third-order valence-corrected chi connectivity index (χ3v) is 4.78. The SMILES string of the molecule is COc1ccc(C)cc1NC(=O)Cc1csc(NC(=O)Cc2ccccc2)n1. The van der Waals surface area contributed by atoms with Gasteiger partial charge in [0.25, 0.3) is 0 Å². The summed E-state index contributed by atoms with van der Waals surface area (Å²) in [5.74, 6) is 0.267. The molecule has 1 heterocycles. The Bertz CT molecular complexity index is 970. The highest BCUT2D eigenvalue weighted by atomic mass is 32.1. The molecule has 0 spiro atoms. The lowest BCUT2D eigenvalue weighted by Crippen LogP contribution is -2.16. The van der Waals surface area contributed by atoms with Crippen LogP contribution in [0.4, 0.5) is 10.8 Å². The Morgan fingerprint density at radius 2 is 1.79 bits per heavy atom. The van der Waals surface area contributed by atoms with Gasteiger partial charge in [-0.15, -0.1) is 11.3 Å². The second-order valence-electron chi connectivity index (χ2n) is 6.28. The van der Waals surface area contributed by atoms with Crippen molar-refractivity contribution in [2.75, 3.05) is 17.7 Å². The van der Waals surface area contributed by atoms with Gasteiger partial charge in [0.15, 0.2) is 5.13 Å². The number of nitrogens with one attached hydrogen (secondary N) is 2. The lowest BCUT2D eigenvalue weighted by molar-refractivity contribution is -0.116. The zero-order chi connectivity index (χ0) is 19.9. The first-order chi connectivity index (χ1) is 13.5. The molecule has 0 aliphatic heterocycles. The van der Waals surface area contributed by atoms with Crippen molar-refractivity contribution in [2.45, 2.75) is 19.8 Å². The molecule has 0 aliphatic carbocycles. The van der Waals surface area contributed by atoms with Crippen LogP contribution in [0.2, 0.25) is 0 Å². The van der Waals surface area contributed by atoms with Crippen molar-refractivity contribution in [1.82, 2.24) is 4.98 Å². The molecule has 0 radical (unpaired) electrons. The van der Waals surface area contributed by atoms with Crippen LogP contribution in [0.1, 0.15) is 16.8 Å². The molecule has 0 atom stereocenters. The van der Waals surface area contributed by atoms with E-state index < -0.39 is 0 Å². The Balaban J connectivity index is 1.56. The second kappa shape index (κ2) is 9.14. The smallest absolute Gasteiger partial charge is 0.230 e. The largest absolute Gasteiger partial charge is 0.495 e. The minimum atomic E-state index is -0.198. The number of carbonyl (C=O) groups is 2. The molecule has 0 unspecified atom stereocenters. The fourth-order valence-electron chi connectivity index (χ4n) is 2.67. The first kappa shape index (κ1) is 19.6. The number of methoxy groups -OCH3 is 1. The van der Waals surface area contributed by atoms with Crippen LogP contribution < -0.4 is 15.4 Å². The Kier molecular flexibility index (Phi) is 6.39. The summed E-state index contributed by atoms with van der Waals surface area (Å²) < 4.78 is 5.27. The van der Waals surface area contributed by atoms with Crippen molar-refractivity contribution in [3.63, 3.8) is 0 Å². The number of amides is 2. The zero-order valence-electron chi connectivity index (χ0n) is 15.7. The average Bonchev–Trinajstić information content (AvgIpc) is 3.09. The average molecular weight is 395 g/mol. The van der Waals surface area contributed by atoms with E-state index in [0.717, 1.165) is 11.1 Å². The van der Waals surface area contributed by atoms with E-state index >= 15 is 0 Å². The van der Waals surface area contributed by atoms with E-state index in [1.165, 1.54) is 11.3 Å². The van der Waals surface area contributed by atoms with Crippen molar-refractivity contribution in [1.29, 1.82) is 0 Å². The molecule has 2 aromatic carbocycles. The maximum Gasteiger partial charge on any atom is 0.230 e. The maximum absolute atomic E-state index is 12.3. The summed E-state index contributed by atoms with van der Waals surface area (Å²) >= 11 is 1.30. The van der Waals surface area contributed by atoms with Gasteiger partial charge in [0.05, 0.1) is 31.3 Å². The predicted molar refractivity (Wildman–Crippen MR) is 111 cm³/mol. The molecule has 0 saturated carbocycles. The fraction of sp³-hybridized carbons (Fsp3) is 0.190. The van der Waals surface area contributed by atoms with Gasteiger partial charge in [-0.1, -0.05) is 36.4 Å². The van der Waals surface area contributed by atoms with Gasteiger partial charge in [-0.25, -0.2) is 4.98 Å². The van der Waals surface area contributed by atoms with Crippen molar-refractivity contribution < 1.29 is 14.3 Å².